The minimum atomic E-state index is 0.00486. The zero-order valence-electron chi connectivity index (χ0n) is 18.3. The Balaban J connectivity index is 2.31. The van der Waals surface area contributed by atoms with Crippen LogP contribution in [-0.2, 0) is 4.74 Å². The van der Waals surface area contributed by atoms with E-state index >= 15 is 0 Å². The molecule has 1 atom stereocenters. The molecule has 6 nitrogen and oxygen atoms in total. The molecule has 1 aromatic carbocycles. The number of ether oxygens (including phenoxy) is 3. The average Bonchev–Trinajstić information content (AvgIpc) is 2.66. The van der Waals surface area contributed by atoms with Crippen LogP contribution in [0.2, 0.25) is 0 Å². The highest BCUT2D eigenvalue weighted by Gasteiger charge is 2.30. The van der Waals surface area contributed by atoms with Crippen molar-refractivity contribution < 1.29 is 19.0 Å². The molecule has 164 valence electrons. The summed E-state index contributed by atoms with van der Waals surface area (Å²) in [5.74, 6) is 1.24. The second-order valence-electron chi connectivity index (χ2n) is 7.95. The van der Waals surface area contributed by atoms with Gasteiger partial charge in [0.15, 0.2) is 11.5 Å². The van der Waals surface area contributed by atoms with E-state index in [4.69, 9.17) is 14.2 Å². The first kappa shape index (κ1) is 24.0. The van der Waals surface area contributed by atoms with Gasteiger partial charge in [0.2, 0.25) is 0 Å². The molecule has 1 aliphatic rings. The molecule has 0 spiro atoms. The fourth-order valence-electron chi connectivity index (χ4n) is 3.58. The molecule has 7 heteroatoms. The number of hydrogen-bond acceptors (Lipinski definition) is 5. The maximum Gasteiger partial charge on any atom is 0.255 e. The summed E-state index contributed by atoms with van der Waals surface area (Å²) in [4.78, 5) is 15.5. The van der Waals surface area contributed by atoms with Crippen LogP contribution in [-0.4, -0.2) is 62.4 Å². The number of amides is 1. The molecule has 0 aliphatic carbocycles. The monoisotopic (exact) mass is 470 g/mol. The van der Waals surface area contributed by atoms with Gasteiger partial charge in [-0.25, -0.2) is 0 Å². The quantitative estimate of drug-likeness (QED) is 0.517. The second kappa shape index (κ2) is 11.8. The van der Waals surface area contributed by atoms with Crippen LogP contribution in [0, 0.1) is 0 Å². The molecule has 0 radical (unpaired) electrons. The fraction of sp³-hybridized carbons (Fsp3) is 0.682. The highest BCUT2D eigenvalue weighted by atomic mass is 79.9. The van der Waals surface area contributed by atoms with Gasteiger partial charge in [0, 0.05) is 43.2 Å². The van der Waals surface area contributed by atoms with Gasteiger partial charge in [-0.2, -0.15) is 0 Å². The summed E-state index contributed by atoms with van der Waals surface area (Å²) in [6.07, 6.45) is 2.87. The van der Waals surface area contributed by atoms with Crippen molar-refractivity contribution in [2.24, 2.45) is 0 Å². The van der Waals surface area contributed by atoms with E-state index in [2.05, 4.69) is 35.1 Å². The van der Waals surface area contributed by atoms with Crippen LogP contribution in [0.3, 0.4) is 0 Å². The molecule has 29 heavy (non-hydrogen) atoms. The second-order valence-corrected chi connectivity index (χ2v) is 8.80. The average molecular weight is 471 g/mol. The van der Waals surface area contributed by atoms with Crippen molar-refractivity contribution >= 4 is 21.8 Å². The Morgan fingerprint density at radius 1 is 1.24 bits per heavy atom. The molecule has 1 N–H and O–H groups in total. The largest absolute Gasteiger partial charge is 0.490 e. The van der Waals surface area contributed by atoms with E-state index in [1.54, 1.807) is 7.11 Å². The molecule has 2 rings (SSSR count). The Labute approximate surface area is 183 Å². The van der Waals surface area contributed by atoms with Crippen LogP contribution in [0.25, 0.3) is 0 Å². The lowest BCUT2D eigenvalue weighted by atomic mass is 10.0. The van der Waals surface area contributed by atoms with E-state index in [9.17, 15) is 4.79 Å². The first-order chi connectivity index (χ1) is 13.8. The van der Waals surface area contributed by atoms with Crippen LogP contribution in [0.4, 0.5) is 0 Å². The van der Waals surface area contributed by atoms with Crippen LogP contribution in [0.5, 0.6) is 11.5 Å². The number of carbonyl (C=O) groups is 1. The van der Waals surface area contributed by atoms with E-state index in [-0.39, 0.29) is 24.1 Å². The van der Waals surface area contributed by atoms with Crippen molar-refractivity contribution in [3.8, 4) is 11.5 Å². The maximum atomic E-state index is 13.5. The zero-order valence-corrected chi connectivity index (χ0v) is 19.9. The normalized spacial score (nSPS) is 16.9. The molecule has 1 aliphatic heterocycles. The standard InChI is InChI=1S/C22H35BrN2O4/c1-15(2)25(17-8-6-9-24-14-17)22(26)18-12-20(28-11-7-10-27-5)21(13-19(18)23)29-16(3)4/h12-13,15-17,24H,6-11,14H2,1-5H3/t17-/m1/s1. The van der Waals surface area contributed by atoms with Crippen molar-refractivity contribution in [2.75, 3.05) is 33.4 Å². The molecule has 0 saturated carbocycles. The molecule has 1 aromatic rings. The predicted molar refractivity (Wildman–Crippen MR) is 119 cm³/mol. The number of nitrogens with one attached hydrogen (secondary N) is 1. The van der Waals surface area contributed by atoms with Crippen molar-refractivity contribution in [2.45, 2.75) is 65.1 Å². The third kappa shape index (κ3) is 6.86. The third-order valence-corrected chi connectivity index (χ3v) is 5.49. The topological polar surface area (TPSA) is 60.0 Å². The van der Waals surface area contributed by atoms with Gasteiger partial charge in [-0.05, 0) is 75.1 Å². The first-order valence-corrected chi connectivity index (χ1v) is 11.3. The van der Waals surface area contributed by atoms with Crippen LogP contribution in [0.15, 0.2) is 16.6 Å². The number of rotatable bonds is 10. The summed E-state index contributed by atoms with van der Waals surface area (Å²) < 4.78 is 17.7. The Morgan fingerprint density at radius 2 is 2.00 bits per heavy atom. The highest BCUT2D eigenvalue weighted by molar-refractivity contribution is 9.10. The van der Waals surface area contributed by atoms with Gasteiger partial charge in [-0.3, -0.25) is 4.79 Å². The van der Waals surface area contributed by atoms with Gasteiger partial charge in [0.25, 0.3) is 5.91 Å². The van der Waals surface area contributed by atoms with Crippen molar-refractivity contribution in [1.29, 1.82) is 0 Å². The zero-order chi connectivity index (χ0) is 21.4. The smallest absolute Gasteiger partial charge is 0.255 e. The number of piperidine rings is 1. The van der Waals surface area contributed by atoms with Crippen molar-refractivity contribution in [3.63, 3.8) is 0 Å². The molecule has 1 amide bonds. The minimum absolute atomic E-state index is 0.00486. The number of carbonyl (C=O) groups excluding carboxylic acids is 1. The lowest BCUT2D eigenvalue weighted by molar-refractivity contribution is 0.0572. The van der Waals surface area contributed by atoms with Gasteiger partial charge >= 0.3 is 0 Å². The number of nitrogens with zero attached hydrogens (tertiary/aromatic N) is 1. The maximum absolute atomic E-state index is 13.5. The van der Waals surface area contributed by atoms with E-state index in [0.717, 1.165) is 36.8 Å². The van der Waals surface area contributed by atoms with Crippen molar-refractivity contribution in [1.82, 2.24) is 10.2 Å². The van der Waals surface area contributed by atoms with Crippen LogP contribution < -0.4 is 14.8 Å². The molecular weight excluding hydrogens is 436 g/mol. The number of hydrogen-bond donors (Lipinski definition) is 1. The van der Waals surface area contributed by atoms with Gasteiger partial charge in [0.05, 0.1) is 18.3 Å². The van der Waals surface area contributed by atoms with E-state index in [0.29, 0.717) is 30.3 Å². The molecular formula is C22H35BrN2O4. The lowest BCUT2D eigenvalue weighted by Crippen LogP contribution is -2.51. The van der Waals surface area contributed by atoms with E-state index in [1.807, 2.05) is 30.9 Å². The predicted octanol–water partition coefficient (Wildman–Crippen LogP) is 4.25. The summed E-state index contributed by atoms with van der Waals surface area (Å²) in [6.45, 7) is 11.0. The lowest BCUT2D eigenvalue weighted by Gasteiger charge is -2.38. The Bertz CT molecular complexity index is 660. The first-order valence-electron chi connectivity index (χ1n) is 10.5. The summed E-state index contributed by atoms with van der Waals surface area (Å²) >= 11 is 3.59. The van der Waals surface area contributed by atoms with Crippen LogP contribution >= 0.6 is 15.9 Å². The third-order valence-electron chi connectivity index (χ3n) is 4.83. The van der Waals surface area contributed by atoms with Gasteiger partial charge in [-0.1, -0.05) is 0 Å². The summed E-state index contributed by atoms with van der Waals surface area (Å²) in [5.41, 5.74) is 0.599. The molecule has 1 fully saturated rings. The number of methoxy groups -OCH3 is 1. The molecule has 0 unspecified atom stereocenters. The Kier molecular flexibility index (Phi) is 9.72. The Morgan fingerprint density at radius 3 is 2.59 bits per heavy atom. The number of halogens is 1. The van der Waals surface area contributed by atoms with E-state index in [1.165, 1.54) is 0 Å². The summed E-state index contributed by atoms with van der Waals surface area (Å²) in [6, 6.07) is 3.96. The van der Waals surface area contributed by atoms with Crippen LogP contribution in [0.1, 0.15) is 57.3 Å². The van der Waals surface area contributed by atoms with Gasteiger partial charge in [0.1, 0.15) is 0 Å². The highest BCUT2D eigenvalue weighted by Crippen LogP contribution is 2.36. The Hall–Kier alpha value is -1.31. The number of benzene rings is 1. The SMILES string of the molecule is COCCCOc1cc(C(=O)N(C(C)C)[C@@H]2CCCNC2)c(Br)cc1OC(C)C. The molecule has 1 saturated heterocycles. The summed E-state index contributed by atoms with van der Waals surface area (Å²) in [7, 11) is 1.67. The van der Waals surface area contributed by atoms with E-state index < -0.39 is 0 Å². The molecule has 1 heterocycles. The molecule has 0 bridgehead atoms. The molecule has 0 aromatic heterocycles. The minimum Gasteiger partial charge on any atom is -0.490 e. The van der Waals surface area contributed by atoms with Crippen molar-refractivity contribution in [3.05, 3.63) is 22.2 Å². The van der Waals surface area contributed by atoms with Gasteiger partial charge < -0.3 is 24.4 Å². The summed E-state index contributed by atoms with van der Waals surface area (Å²) in [5, 5.41) is 3.41. The van der Waals surface area contributed by atoms with Gasteiger partial charge in [-0.15, -0.1) is 0 Å². The fourth-order valence-corrected chi connectivity index (χ4v) is 4.07.